The first kappa shape index (κ1) is 20.6. The Bertz CT molecular complexity index is 778. The van der Waals surface area contributed by atoms with Gasteiger partial charge in [-0.15, -0.1) is 0 Å². The van der Waals surface area contributed by atoms with Crippen molar-refractivity contribution in [2.45, 2.75) is 32.6 Å². The summed E-state index contributed by atoms with van der Waals surface area (Å²) < 4.78 is 5.20. The van der Waals surface area contributed by atoms with Gasteiger partial charge in [-0.25, -0.2) is 4.79 Å². The zero-order valence-corrected chi connectivity index (χ0v) is 16.2. The van der Waals surface area contributed by atoms with Gasteiger partial charge in [-0.3, -0.25) is 4.79 Å². The van der Waals surface area contributed by atoms with E-state index in [-0.39, 0.29) is 17.0 Å². The number of hydrogen-bond acceptors (Lipinski definition) is 4. The van der Waals surface area contributed by atoms with Crippen LogP contribution in [0.15, 0.2) is 54.6 Å². The van der Waals surface area contributed by atoms with Crippen LogP contribution < -0.4 is 10.6 Å². The molecule has 0 atom stereocenters. The maximum atomic E-state index is 12.0. The van der Waals surface area contributed by atoms with Gasteiger partial charge in [-0.05, 0) is 48.8 Å². The number of benzene rings is 2. The van der Waals surface area contributed by atoms with Gasteiger partial charge in [0.15, 0.2) is 5.11 Å². The second-order valence-electron chi connectivity index (χ2n) is 6.06. The maximum Gasteiger partial charge on any atom is 0.338 e. The van der Waals surface area contributed by atoms with E-state index >= 15 is 0 Å². The molecule has 5 nitrogen and oxygen atoms in total. The number of thiocarbonyl (C=S) groups is 1. The van der Waals surface area contributed by atoms with Gasteiger partial charge in [0.25, 0.3) is 0 Å². The molecule has 0 spiro atoms. The van der Waals surface area contributed by atoms with Crippen molar-refractivity contribution in [3.05, 3.63) is 65.7 Å². The first-order valence-electron chi connectivity index (χ1n) is 9.00. The molecule has 2 aromatic rings. The van der Waals surface area contributed by atoms with Crippen LogP contribution in [0, 0.1) is 0 Å². The topological polar surface area (TPSA) is 67.4 Å². The molecule has 0 bridgehead atoms. The predicted molar refractivity (Wildman–Crippen MR) is 111 cm³/mol. The summed E-state index contributed by atoms with van der Waals surface area (Å²) >= 11 is 5.18. The predicted octanol–water partition coefficient (Wildman–Crippen LogP) is 4.09. The molecule has 0 saturated carbocycles. The Balaban J connectivity index is 1.81. The lowest BCUT2D eigenvalue weighted by atomic mass is 10.1. The van der Waals surface area contributed by atoms with Crippen molar-refractivity contribution in [3.63, 3.8) is 0 Å². The highest BCUT2D eigenvalue weighted by molar-refractivity contribution is 7.80. The van der Waals surface area contributed by atoms with Crippen LogP contribution in [0.1, 0.15) is 42.1 Å². The normalized spacial score (nSPS) is 10.1. The van der Waals surface area contributed by atoms with Crippen LogP contribution in [0.4, 0.5) is 5.69 Å². The van der Waals surface area contributed by atoms with E-state index in [1.165, 1.54) is 0 Å². The monoisotopic (exact) mass is 384 g/mol. The Labute approximate surface area is 165 Å². The summed E-state index contributed by atoms with van der Waals surface area (Å²) in [7, 11) is 0. The Morgan fingerprint density at radius 2 is 1.85 bits per heavy atom. The second kappa shape index (κ2) is 11.1. The van der Waals surface area contributed by atoms with Crippen molar-refractivity contribution < 1.29 is 14.3 Å². The van der Waals surface area contributed by atoms with Gasteiger partial charge in [-0.1, -0.05) is 49.7 Å². The number of aryl methyl sites for hydroxylation is 1. The van der Waals surface area contributed by atoms with Crippen molar-refractivity contribution in [1.29, 1.82) is 0 Å². The lowest BCUT2D eigenvalue weighted by molar-refractivity contribution is -0.119. The van der Waals surface area contributed by atoms with Crippen molar-refractivity contribution in [2.75, 3.05) is 11.9 Å². The third-order valence-electron chi connectivity index (χ3n) is 3.82. The Kier molecular flexibility index (Phi) is 8.45. The summed E-state index contributed by atoms with van der Waals surface area (Å²) in [5, 5.41) is 5.78. The largest absolute Gasteiger partial charge is 0.462 e. The van der Waals surface area contributed by atoms with Gasteiger partial charge in [0, 0.05) is 12.1 Å². The number of esters is 1. The third kappa shape index (κ3) is 7.58. The fourth-order valence-electron chi connectivity index (χ4n) is 2.37. The van der Waals surface area contributed by atoms with E-state index in [0.29, 0.717) is 30.7 Å². The molecule has 0 radical (unpaired) electrons. The number of rotatable bonds is 8. The Morgan fingerprint density at radius 1 is 1.07 bits per heavy atom. The number of carbonyl (C=O) groups excluding carboxylic acids is 2. The molecule has 0 saturated heterocycles. The third-order valence-corrected chi connectivity index (χ3v) is 4.03. The van der Waals surface area contributed by atoms with Crippen LogP contribution in [0.5, 0.6) is 0 Å². The average molecular weight is 385 g/mol. The summed E-state index contributed by atoms with van der Waals surface area (Å²) in [4.78, 5) is 24.0. The zero-order valence-electron chi connectivity index (χ0n) is 15.4. The number of anilines is 1. The summed E-state index contributed by atoms with van der Waals surface area (Å²) in [5.74, 6) is -0.531. The molecule has 2 N–H and O–H groups in total. The molecule has 2 aromatic carbocycles. The number of nitrogens with one attached hydrogen (secondary N) is 2. The van der Waals surface area contributed by atoms with E-state index in [9.17, 15) is 9.59 Å². The quantitative estimate of drug-likeness (QED) is 0.408. The van der Waals surface area contributed by atoms with Gasteiger partial charge in [0.2, 0.25) is 5.91 Å². The van der Waals surface area contributed by atoms with E-state index in [0.717, 1.165) is 18.4 Å². The molecule has 0 heterocycles. The molecule has 0 aliphatic heterocycles. The molecule has 0 unspecified atom stereocenters. The molecule has 0 aliphatic rings. The minimum Gasteiger partial charge on any atom is -0.462 e. The standard InChI is InChI=1S/C21H24N2O3S/c1-2-3-14-26-20(25)17-10-7-11-18(15-17)22-21(27)23-19(24)13-12-16-8-5-4-6-9-16/h4-11,15H,2-3,12-14H2,1H3,(H2,22,23,24,27). The van der Waals surface area contributed by atoms with E-state index in [1.807, 2.05) is 37.3 Å². The van der Waals surface area contributed by atoms with Crippen LogP contribution in [0.2, 0.25) is 0 Å². The van der Waals surface area contributed by atoms with Crippen LogP contribution in [0.25, 0.3) is 0 Å². The molecular formula is C21H24N2O3S. The van der Waals surface area contributed by atoms with Crippen LogP contribution in [0.3, 0.4) is 0 Å². The summed E-state index contributed by atoms with van der Waals surface area (Å²) in [6, 6.07) is 16.6. The molecule has 0 fully saturated rings. The number of carbonyl (C=O) groups is 2. The fourth-order valence-corrected chi connectivity index (χ4v) is 2.60. The number of amides is 1. The number of hydrogen-bond donors (Lipinski definition) is 2. The van der Waals surface area contributed by atoms with Gasteiger partial charge in [0.1, 0.15) is 0 Å². The van der Waals surface area contributed by atoms with Gasteiger partial charge < -0.3 is 15.4 Å². The number of ether oxygens (including phenoxy) is 1. The van der Waals surface area contributed by atoms with Crippen molar-refractivity contribution in [1.82, 2.24) is 5.32 Å². The van der Waals surface area contributed by atoms with Gasteiger partial charge in [-0.2, -0.15) is 0 Å². The minimum atomic E-state index is -0.370. The van der Waals surface area contributed by atoms with Crippen LogP contribution in [-0.4, -0.2) is 23.6 Å². The second-order valence-corrected chi connectivity index (χ2v) is 6.47. The van der Waals surface area contributed by atoms with Crippen LogP contribution in [-0.2, 0) is 16.0 Å². The highest BCUT2D eigenvalue weighted by Gasteiger charge is 2.09. The summed E-state index contributed by atoms with van der Waals surface area (Å²) in [5.41, 5.74) is 2.16. The first-order chi connectivity index (χ1) is 13.1. The molecule has 0 aromatic heterocycles. The number of unbranched alkanes of at least 4 members (excludes halogenated alkanes) is 1. The van der Waals surface area contributed by atoms with E-state index < -0.39 is 0 Å². The fraction of sp³-hybridized carbons (Fsp3) is 0.286. The molecule has 6 heteroatoms. The van der Waals surface area contributed by atoms with Crippen molar-refractivity contribution >= 4 is 34.9 Å². The van der Waals surface area contributed by atoms with Crippen molar-refractivity contribution in [3.8, 4) is 0 Å². The van der Waals surface area contributed by atoms with Gasteiger partial charge >= 0.3 is 5.97 Å². The lowest BCUT2D eigenvalue weighted by Gasteiger charge is -2.11. The lowest BCUT2D eigenvalue weighted by Crippen LogP contribution is -2.34. The average Bonchev–Trinajstić information content (AvgIpc) is 2.67. The highest BCUT2D eigenvalue weighted by Crippen LogP contribution is 2.12. The SMILES string of the molecule is CCCCOC(=O)c1cccc(NC(=S)NC(=O)CCc2ccccc2)c1. The van der Waals surface area contributed by atoms with E-state index in [2.05, 4.69) is 10.6 Å². The Hall–Kier alpha value is -2.73. The molecule has 27 heavy (non-hydrogen) atoms. The molecule has 0 aliphatic carbocycles. The smallest absolute Gasteiger partial charge is 0.338 e. The maximum absolute atomic E-state index is 12.0. The van der Waals surface area contributed by atoms with E-state index in [4.69, 9.17) is 17.0 Å². The molecular weight excluding hydrogens is 360 g/mol. The summed E-state index contributed by atoms with van der Waals surface area (Å²) in [6.45, 7) is 2.44. The van der Waals surface area contributed by atoms with Crippen molar-refractivity contribution in [2.24, 2.45) is 0 Å². The molecule has 1 amide bonds. The minimum absolute atomic E-state index is 0.161. The first-order valence-corrected chi connectivity index (χ1v) is 9.41. The van der Waals surface area contributed by atoms with Gasteiger partial charge in [0.05, 0.1) is 12.2 Å². The molecule has 2 rings (SSSR count). The Morgan fingerprint density at radius 3 is 2.59 bits per heavy atom. The molecule has 142 valence electrons. The highest BCUT2D eigenvalue weighted by atomic mass is 32.1. The summed E-state index contributed by atoms with van der Waals surface area (Å²) in [6.07, 6.45) is 2.79. The van der Waals surface area contributed by atoms with E-state index in [1.54, 1.807) is 24.3 Å². The zero-order chi connectivity index (χ0) is 19.5. The van der Waals surface area contributed by atoms with Crippen LogP contribution >= 0.6 is 12.2 Å².